The molecule has 0 bridgehead atoms. The van der Waals surface area contributed by atoms with Crippen LogP contribution in [0.4, 0.5) is 5.69 Å². The molecule has 0 saturated carbocycles. The van der Waals surface area contributed by atoms with E-state index in [1.165, 1.54) is 0 Å². The van der Waals surface area contributed by atoms with Gasteiger partial charge in [0.1, 0.15) is 11.4 Å². The van der Waals surface area contributed by atoms with E-state index in [1.54, 1.807) is 0 Å². The number of hydrogen-bond donors (Lipinski definition) is 1. The van der Waals surface area contributed by atoms with Crippen molar-refractivity contribution in [1.29, 1.82) is 0 Å². The highest BCUT2D eigenvalue weighted by atomic mass is 35.5. The first-order valence-electron chi connectivity index (χ1n) is 5.63. The van der Waals surface area contributed by atoms with E-state index in [0.29, 0.717) is 0 Å². The highest BCUT2D eigenvalue weighted by Crippen LogP contribution is 2.39. The summed E-state index contributed by atoms with van der Waals surface area (Å²) in [4.78, 5) is 0. The minimum atomic E-state index is -0.120. The predicted octanol–water partition coefficient (Wildman–Crippen LogP) is 3.93. The summed E-state index contributed by atoms with van der Waals surface area (Å²) in [6.07, 6.45) is 0.984. The minimum Gasteiger partial charge on any atom is -0.486 e. The van der Waals surface area contributed by atoms with Gasteiger partial charge in [-0.3, -0.25) is 0 Å². The molecule has 3 heteroatoms. The molecule has 0 spiro atoms. The third-order valence-electron chi connectivity index (χ3n) is 3.06. The molecule has 88 valence electrons. The fourth-order valence-electron chi connectivity index (χ4n) is 2.06. The molecule has 0 fully saturated rings. The molecule has 1 aromatic rings. The number of rotatable bonds is 0. The molecule has 0 unspecified atom stereocenters. The van der Waals surface area contributed by atoms with Crippen LogP contribution in [-0.2, 0) is 0 Å². The molecule has 0 aromatic heterocycles. The van der Waals surface area contributed by atoms with Crippen molar-refractivity contribution < 1.29 is 4.74 Å². The van der Waals surface area contributed by atoms with Gasteiger partial charge in [-0.05, 0) is 44.9 Å². The Morgan fingerprint density at radius 2 is 2.06 bits per heavy atom. The zero-order valence-corrected chi connectivity index (χ0v) is 11.0. The second-order valence-electron chi connectivity index (χ2n) is 5.04. The molecule has 1 aliphatic heterocycles. The van der Waals surface area contributed by atoms with E-state index in [9.17, 15) is 0 Å². The topological polar surface area (TPSA) is 21.3 Å². The Bertz CT molecular complexity index is 426. The number of nitrogens with one attached hydrogen (secondary N) is 1. The largest absolute Gasteiger partial charge is 0.486 e. The lowest BCUT2D eigenvalue weighted by Gasteiger charge is -2.24. The Kier molecular flexibility index (Phi) is 2.79. The first-order valence-corrected chi connectivity index (χ1v) is 6.01. The second-order valence-corrected chi connectivity index (χ2v) is 5.42. The Hall–Kier alpha value is -0.890. The van der Waals surface area contributed by atoms with Gasteiger partial charge >= 0.3 is 0 Å². The molecule has 16 heavy (non-hydrogen) atoms. The average molecular weight is 240 g/mol. The van der Waals surface area contributed by atoms with Crippen LogP contribution in [0.5, 0.6) is 5.75 Å². The molecule has 1 aliphatic rings. The van der Waals surface area contributed by atoms with Crippen molar-refractivity contribution in [2.45, 2.75) is 39.7 Å². The smallest absolute Gasteiger partial charge is 0.143 e. The number of aryl methyl sites for hydroxylation is 1. The van der Waals surface area contributed by atoms with Crippen LogP contribution in [0.3, 0.4) is 0 Å². The van der Waals surface area contributed by atoms with Gasteiger partial charge < -0.3 is 10.1 Å². The number of hydrogen-bond acceptors (Lipinski definition) is 2. The Morgan fingerprint density at radius 1 is 1.38 bits per heavy atom. The van der Waals surface area contributed by atoms with Crippen LogP contribution in [0.25, 0.3) is 0 Å². The molecule has 2 rings (SSSR count). The third-order valence-corrected chi connectivity index (χ3v) is 3.64. The molecule has 2 nitrogen and oxygen atoms in total. The highest BCUT2D eigenvalue weighted by Gasteiger charge is 2.26. The van der Waals surface area contributed by atoms with E-state index in [0.717, 1.165) is 40.6 Å². The van der Waals surface area contributed by atoms with Crippen molar-refractivity contribution in [3.8, 4) is 5.75 Å². The maximum Gasteiger partial charge on any atom is 0.143 e. The molecule has 1 aromatic carbocycles. The van der Waals surface area contributed by atoms with Crippen molar-refractivity contribution in [1.82, 2.24) is 0 Å². The number of benzene rings is 1. The fourth-order valence-corrected chi connectivity index (χ4v) is 2.21. The Labute approximate surface area is 102 Å². The van der Waals surface area contributed by atoms with E-state index in [2.05, 4.69) is 19.2 Å². The molecule has 0 radical (unpaired) electrons. The van der Waals surface area contributed by atoms with Gasteiger partial charge in [0.05, 0.1) is 5.69 Å². The lowest BCUT2D eigenvalue weighted by atomic mass is 10.1. The van der Waals surface area contributed by atoms with Crippen LogP contribution in [0.1, 0.15) is 31.4 Å². The van der Waals surface area contributed by atoms with Crippen molar-refractivity contribution in [3.63, 3.8) is 0 Å². The Balaban J connectivity index is 2.54. The molecule has 0 saturated heterocycles. The van der Waals surface area contributed by atoms with Crippen LogP contribution < -0.4 is 10.1 Å². The zero-order chi connectivity index (χ0) is 11.9. The molecule has 0 aliphatic carbocycles. The minimum absolute atomic E-state index is 0.120. The van der Waals surface area contributed by atoms with E-state index in [1.807, 2.05) is 19.9 Å². The zero-order valence-electron chi connectivity index (χ0n) is 10.3. The Morgan fingerprint density at radius 3 is 2.75 bits per heavy atom. The molecular weight excluding hydrogens is 222 g/mol. The molecular formula is C13H18ClNO. The van der Waals surface area contributed by atoms with Crippen LogP contribution in [0.2, 0.25) is 5.02 Å². The van der Waals surface area contributed by atoms with E-state index in [4.69, 9.17) is 16.3 Å². The summed E-state index contributed by atoms with van der Waals surface area (Å²) in [7, 11) is 0. The van der Waals surface area contributed by atoms with Crippen molar-refractivity contribution >= 4 is 17.3 Å². The van der Waals surface area contributed by atoms with Gasteiger partial charge in [0, 0.05) is 18.0 Å². The van der Waals surface area contributed by atoms with E-state index < -0.39 is 0 Å². The molecule has 1 heterocycles. The summed E-state index contributed by atoms with van der Waals surface area (Å²) in [6.45, 7) is 9.19. The van der Waals surface area contributed by atoms with Gasteiger partial charge in [-0.2, -0.15) is 0 Å². The second kappa shape index (κ2) is 3.85. The summed E-state index contributed by atoms with van der Waals surface area (Å²) < 4.78 is 6.04. The summed E-state index contributed by atoms with van der Waals surface area (Å²) in [5.41, 5.74) is 3.07. The standard InChI is InChI=1S/C13H18ClNO/c1-8-7-10-12(9(2)11(8)14)15-6-5-13(3,4)16-10/h7,15H,5-6H2,1-4H3. The van der Waals surface area contributed by atoms with Gasteiger partial charge in [0.2, 0.25) is 0 Å². The molecule has 0 amide bonds. The highest BCUT2D eigenvalue weighted by molar-refractivity contribution is 6.32. The summed E-state index contributed by atoms with van der Waals surface area (Å²) in [5, 5.41) is 4.24. The van der Waals surface area contributed by atoms with Gasteiger partial charge in [-0.15, -0.1) is 0 Å². The maximum atomic E-state index is 6.24. The predicted molar refractivity (Wildman–Crippen MR) is 68.7 cm³/mol. The number of fused-ring (bicyclic) bond motifs is 1. The number of halogens is 1. The van der Waals surface area contributed by atoms with Gasteiger partial charge in [-0.1, -0.05) is 11.6 Å². The van der Waals surface area contributed by atoms with E-state index >= 15 is 0 Å². The third kappa shape index (κ3) is 1.99. The summed E-state index contributed by atoms with van der Waals surface area (Å²) >= 11 is 6.24. The van der Waals surface area contributed by atoms with E-state index in [-0.39, 0.29) is 5.60 Å². The van der Waals surface area contributed by atoms with Crippen LogP contribution in [0, 0.1) is 13.8 Å². The molecule has 1 N–H and O–H groups in total. The van der Waals surface area contributed by atoms with Gasteiger partial charge in [-0.25, -0.2) is 0 Å². The monoisotopic (exact) mass is 239 g/mol. The van der Waals surface area contributed by atoms with Gasteiger partial charge in [0.25, 0.3) is 0 Å². The first kappa shape index (κ1) is 11.6. The van der Waals surface area contributed by atoms with Crippen molar-refractivity contribution in [3.05, 3.63) is 22.2 Å². The lowest BCUT2D eigenvalue weighted by molar-refractivity contribution is 0.108. The SMILES string of the molecule is Cc1cc2c(c(C)c1Cl)NCCC(C)(C)O2. The van der Waals surface area contributed by atoms with Crippen molar-refractivity contribution in [2.24, 2.45) is 0 Å². The first-order chi connectivity index (χ1) is 7.41. The molecule has 0 atom stereocenters. The normalized spacial score (nSPS) is 18.1. The maximum absolute atomic E-state index is 6.24. The van der Waals surface area contributed by atoms with Crippen LogP contribution in [-0.4, -0.2) is 12.1 Å². The average Bonchev–Trinajstić information content (AvgIpc) is 2.32. The summed E-state index contributed by atoms with van der Waals surface area (Å²) in [5.74, 6) is 0.918. The van der Waals surface area contributed by atoms with Crippen LogP contribution >= 0.6 is 11.6 Å². The quantitative estimate of drug-likeness (QED) is 0.741. The van der Waals surface area contributed by atoms with Crippen LogP contribution in [0.15, 0.2) is 6.07 Å². The van der Waals surface area contributed by atoms with Crippen molar-refractivity contribution in [2.75, 3.05) is 11.9 Å². The van der Waals surface area contributed by atoms with Gasteiger partial charge in [0.15, 0.2) is 0 Å². The number of ether oxygens (including phenoxy) is 1. The number of anilines is 1. The fraction of sp³-hybridized carbons (Fsp3) is 0.538. The lowest BCUT2D eigenvalue weighted by Crippen LogP contribution is -2.28. The summed E-state index contributed by atoms with van der Waals surface area (Å²) in [6, 6.07) is 2.02.